The van der Waals surface area contributed by atoms with Crippen LogP contribution in [0.4, 0.5) is 4.39 Å². The molecule has 1 aromatic heterocycles. The third-order valence-corrected chi connectivity index (χ3v) is 4.54. The second-order valence-electron chi connectivity index (χ2n) is 3.98. The maximum absolute atomic E-state index is 13.0. The number of piperazine rings is 1. The van der Waals surface area contributed by atoms with Gasteiger partial charge in [0.15, 0.2) is 0 Å². The van der Waals surface area contributed by atoms with Crippen LogP contribution in [0.25, 0.3) is 0 Å². The SMILES string of the molecule is CC1C(=O)NC(=O)CN1S(=O)(=O)c1cncc(F)c1. The lowest BCUT2D eigenvalue weighted by Crippen LogP contribution is -2.58. The van der Waals surface area contributed by atoms with Crippen molar-refractivity contribution in [3.05, 3.63) is 24.3 Å². The zero-order valence-corrected chi connectivity index (χ0v) is 10.6. The normalized spacial score (nSPS) is 21.3. The first kappa shape index (κ1) is 13.6. The van der Waals surface area contributed by atoms with Crippen molar-refractivity contribution < 1.29 is 22.4 Å². The summed E-state index contributed by atoms with van der Waals surface area (Å²) in [6.45, 7) is 0.845. The average Bonchev–Trinajstić information content (AvgIpc) is 2.33. The molecule has 1 aliphatic heterocycles. The quantitative estimate of drug-likeness (QED) is 0.722. The van der Waals surface area contributed by atoms with Gasteiger partial charge < -0.3 is 0 Å². The first-order chi connectivity index (χ1) is 8.82. The van der Waals surface area contributed by atoms with E-state index in [0.29, 0.717) is 4.31 Å². The monoisotopic (exact) mass is 287 g/mol. The number of nitrogens with one attached hydrogen (secondary N) is 1. The van der Waals surface area contributed by atoms with Gasteiger partial charge in [-0.05, 0) is 13.0 Å². The standard InChI is InChI=1S/C10H10FN3O4S/c1-6-10(16)13-9(15)5-14(6)19(17,18)8-2-7(11)3-12-4-8/h2-4,6H,5H2,1H3,(H,13,15,16). The minimum Gasteiger partial charge on any atom is -0.294 e. The molecule has 2 heterocycles. The van der Waals surface area contributed by atoms with E-state index in [9.17, 15) is 22.4 Å². The van der Waals surface area contributed by atoms with Gasteiger partial charge in [-0.2, -0.15) is 4.31 Å². The topological polar surface area (TPSA) is 96.4 Å². The van der Waals surface area contributed by atoms with Crippen LogP contribution < -0.4 is 5.32 Å². The van der Waals surface area contributed by atoms with Crippen LogP contribution in [0, 0.1) is 5.82 Å². The van der Waals surface area contributed by atoms with Crippen LogP contribution in [0.15, 0.2) is 23.4 Å². The lowest BCUT2D eigenvalue weighted by Gasteiger charge is -2.30. The summed E-state index contributed by atoms with van der Waals surface area (Å²) in [5.74, 6) is -2.26. The first-order valence-electron chi connectivity index (χ1n) is 5.28. The van der Waals surface area contributed by atoms with Gasteiger partial charge in [-0.15, -0.1) is 0 Å². The molecule has 0 saturated carbocycles. The van der Waals surface area contributed by atoms with Crippen LogP contribution >= 0.6 is 0 Å². The predicted molar refractivity (Wildman–Crippen MR) is 60.7 cm³/mol. The highest BCUT2D eigenvalue weighted by Gasteiger charge is 2.39. The van der Waals surface area contributed by atoms with Crippen molar-refractivity contribution in [2.24, 2.45) is 0 Å². The van der Waals surface area contributed by atoms with Crippen molar-refractivity contribution in [1.29, 1.82) is 0 Å². The van der Waals surface area contributed by atoms with Crippen LogP contribution in [0.5, 0.6) is 0 Å². The number of carbonyl (C=O) groups excluding carboxylic acids is 2. The number of hydrogen-bond acceptors (Lipinski definition) is 5. The van der Waals surface area contributed by atoms with E-state index in [1.807, 2.05) is 5.32 Å². The molecule has 1 atom stereocenters. The third kappa shape index (κ3) is 2.47. The minimum atomic E-state index is -4.15. The molecule has 1 aliphatic rings. The van der Waals surface area contributed by atoms with Gasteiger partial charge in [0, 0.05) is 6.20 Å². The molecule has 1 unspecified atom stereocenters. The van der Waals surface area contributed by atoms with E-state index in [2.05, 4.69) is 4.98 Å². The van der Waals surface area contributed by atoms with Gasteiger partial charge in [-0.3, -0.25) is 19.9 Å². The molecule has 1 aromatic rings. The van der Waals surface area contributed by atoms with E-state index in [1.165, 1.54) is 6.92 Å². The molecule has 1 N–H and O–H groups in total. The smallest absolute Gasteiger partial charge is 0.245 e. The Labute approximate surface area is 108 Å². The van der Waals surface area contributed by atoms with Crippen LogP contribution in [-0.4, -0.2) is 42.1 Å². The molecule has 0 radical (unpaired) electrons. The van der Waals surface area contributed by atoms with Gasteiger partial charge in [0.2, 0.25) is 21.8 Å². The Morgan fingerprint density at radius 2 is 2.11 bits per heavy atom. The summed E-state index contributed by atoms with van der Waals surface area (Å²) in [5.41, 5.74) is 0. The summed E-state index contributed by atoms with van der Waals surface area (Å²) in [7, 11) is -4.15. The Hall–Kier alpha value is -1.87. The van der Waals surface area contributed by atoms with Gasteiger partial charge >= 0.3 is 0 Å². The van der Waals surface area contributed by atoms with E-state index in [-0.39, 0.29) is 0 Å². The highest BCUT2D eigenvalue weighted by Crippen LogP contribution is 2.19. The van der Waals surface area contributed by atoms with Gasteiger partial charge in [0.1, 0.15) is 16.8 Å². The molecule has 0 aromatic carbocycles. The van der Waals surface area contributed by atoms with Gasteiger partial charge in [-0.25, -0.2) is 12.8 Å². The lowest BCUT2D eigenvalue weighted by molar-refractivity contribution is -0.136. The van der Waals surface area contributed by atoms with Crippen molar-refractivity contribution in [2.75, 3.05) is 6.54 Å². The molecule has 102 valence electrons. The molecule has 9 heteroatoms. The Kier molecular flexibility index (Phi) is 3.33. The second kappa shape index (κ2) is 4.67. The number of hydrogen-bond donors (Lipinski definition) is 1. The first-order valence-corrected chi connectivity index (χ1v) is 6.72. The Morgan fingerprint density at radius 3 is 2.74 bits per heavy atom. The Bertz CT molecular complexity index is 646. The van der Waals surface area contributed by atoms with Crippen LogP contribution in [0.1, 0.15) is 6.92 Å². The molecule has 7 nitrogen and oxygen atoms in total. The van der Waals surface area contributed by atoms with Crippen LogP contribution in [-0.2, 0) is 19.6 Å². The molecule has 1 fully saturated rings. The number of sulfonamides is 1. The molecule has 0 spiro atoms. The molecule has 0 bridgehead atoms. The maximum atomic E-state index is 13.0. The lowest BCUT2D eigenvalue weighted by atomic mass is 10.2. The summed E-state index contributed by atoms with van der Waals surface area (Å²) in [6, 6.07) is -0.266. The molecule has 2 amide bonds. The van der Waals surface area contributed by atoms with Gasteiger partial charge in [-0.1, -0.05) is 0 Å². The highest BCUT2D eigenvalue weighted by molar-refractivity contribution is 7.89. The number of amides is 2. The maximum Gasteiger partial charge on any atom is 0.245 e. The molecule has 0 aliphatic carbocycles. The number of nitrogens with zero attached hydrogens (tertiary/aromatic N) is 2. The highest BCUT2D eigenvalue weighted by atomic mass is 32.2. The molecule has 19 heavy (non-hydrogen) atoms. The summed E-state index contributed by atoms with van der Waals surface area (Å²) >= 11 is 0. The summed E-state index contributed by atoms with van der Waals surface area (Å²) in [4.78, 5) is 25.7. The number of halogens is 1. The van der Waals surface area contributed by atoms with E-state index in [0.717, 1.165) is 18.5 Å². The molecule has 1 saturated heterocycles. The zero-order valence-electron chi connectivity index (χ0n) is 9.83. The van der Waals surface area contributed by atoms with E-state index >= 15 is 0 Å². The molecular weight excluding hydrogens is 277 g/mol. The fourth-order valence-electron chi connectivity index (χ4n) is 1.65. The van der Waals surface area contributed by atoms with E-state index in [4.69, 9.17) is 0 Å². The fraction of sp³-hybridized carbons (Fsp3) is 0.300. The largest absolute Gasteiger partial charge is 0.294 e. The molecule has 2 rings (SSSR count). The third-order valence-electron chi connectivity index (χ3n) is 2.66. The van der Waals surface area contributed by atoms with Crippen LogP contribution in [0.3, 0.4) is 0 Å². The van der Waals surface area contributed by atoms with E-state index < -0.39 is 45.1 Å². The number of rotatable bonds is 2. The summed E-state index contributed by atoms with van der Waals surface area (Å²) in [6.07, 6.45) is 1.82. The minimum absolute atomic E-state index is 0.401. The van der Waals surface area contributed by atoms with Crippen molar-refractivity contribution in [2.45, 2.75) is 17.9 Å². The second-order valence-corrected chi connectivity index (χ2v) is 5.87. The number of aromatic nitrogens is 1. The average molecular weight is 287 g/mol. The van der Waals surface area contributed by atoms with E-state index in [1.54, 1.807) is 0 Å². The summed E-state index contributed by atoms with van der Waals surface area (Å²) < 4.78 is 38.2. The number of imide groups is 1. The predicted octanol–water partition coefficient (Wildman–Crippen LogP) is -0.744. The molecular formula is C10H10FN3O4S. The van der Waals surface area contributed by atoms with Crippen molar-refractivity contribution in [3.8, 4) is 0 Å². The van der Waals surface area contributed by atoms with Crippen molar-refractivity contribution in [1.82, 2.24) is 14.6 Å². The number of pyridine rings is 1. The van der Waals surface area contributed by atoms with Gasteiger partial charge in [0.25, 0.3) is 0 Å². The Balaban J connectivity index is 2.44. The summed E-state index contributed by atoms with van der Waals surface area (Å²) in [5, 5.41) is 2.02. The van der Waals surface area contributed by atoms with Crippen molar-refractivity contribution in [3.63, 3.8) is 0 Å². The zero-order chi connectivity index (χ0) is 14.2. The van der Waals surface area contributed by atoms with Crippen LogP contribution in [0.2, 0.25) is 0 Å². The fourth-order valence-corrected chi connectivity index (χ4v) is 3.18. The Morgan fingerprint density at radius 1 is 1.42 bits per heavy atom. The van der Waals surface area contributed by atoms with Gasteiger partial charge in [0.05, 0.1) is 12.7 Å². The number of carbonyl (C=O) groups is 2. The van der Waals surface area contributed by atoms with Crippen molar-refractivity contribution >= 4 is 21.8 Å².